The van der Waals surface area contributed by atoms with Crippen molar-refractivity contribution in [1.82, 2.24) is 14.8 Å². The molecule has 7 heteroatoms. The lowest BCUT2D eigenvalue weighted by Crippen LogP contribution is -2.45. The Bertz CT molecular complexity index is 1080. The molecule has 30 heavy (non-hydrogen) atoms. The molecule has 158 valence electrons. The molecule has 1 fully saturated rings. The van der Waals surface area contributed by atoms with Crippen LogP contribution in [0.5, 0.6) is 0 Å². The molecule has 0 spiro atoms. The highest BCUT2D eigenvalue weighted by atomic mass is 16.5. The smallest absolute Gasteiger partial charge is 0.341 e. The molecule has 0 N–H and O–H groups in total. The molecule has 3 heterocycles. The number of anilines is 1. The second-order valence-corrected chi connectivity index (χ2v) is 7.82. The van der Waals surface area contributed by atoms with Gasteiger partial charge in [-0.1, -0.05) is 12.1 Å². The molecular formula is C23H28N4O3. The summed E-state index contributed by atoms with van der Waals surface area (Å²) in [5, 5.41) is 5.35. The Morgan fingerprint density at radius 3 is 2.83 bits per heavy atom. The number of benzene rings is 1. The van der Waals surface area contributed by atoms with Crippen LogP contribution < -0.4 is 4.90 Å². The molecule has 0 aliphatic carbocycles. The Morgan fingerprint density at radius 2 is 2.10 bits per heavy atom. The second kappa shape index (κ2) is 8.44. The molecule has 4 rings (SSSR count). The van der Waals surface area contributed by atoms with Crippen LogP contribution in [0, 0.1) is 20.8 Å². The molecule has 0 saturated carbocycles. The third kappa shape index (κ3) is 3.89. The Morgan fingerprint density at radius 1 is 1.27 bits per heavy atom. The molecule has 7 nitrogen and oxygen atoms in total. The first kappa shape index (κ1) is 20.3. The number of carbonyl (C=O) groups is 1. The Balaban J connectivity index is 1.74. The Hall–Kier alpha value is -2.93. The summed E-state index contributed by atoms with van der Waals surface area (Å²) in [6.07, 6.45) is 5.49. The molecule has 1 aliphatic rings. The summed E-state index contributed by atoms with van der Waals surface area (Å²) in [6, 6.07) is 4.15. The van der Waals surface area contributed by atoms with E-state index in [9.17, 15) is 4.79 Å². The first-order valence-electron chi connectivity index (χ1n) is 10.4. The number of hydrogen-bond donors (Lipinski definition) is 0. The highest BCUT2D eigenvalue weighted by molar-refractivity contribution is 6.06. The first-order chi connectivity index (χ1) is 14.5. The number of morpholine rings is 1. The molecule has 0 amide bonds. The van der Waals surface area contributed by atoms with Crippen molar-refractivity contribution < 1.29 is 14.3 Å². The van der Waals surface area contributed by atoms with E-state index in [1.807, 2.05) is 30.9 Å². The number of nitrogens with zero attached hydrogens (tertiary/aromatic N) is 4. The lowest BCUT2D eigenvalue weighted by molar-refractivity contribution is 0.0272. The Kier molecular flexibility index (Phi) is 5.72. The minimum atomic E-state index is -0.342. The molecule has 2 aromatic heterocycles. The summed E-state index contributed by atoms with van der Waals surface area (Å²) < 4.78 is 13.3. The van der Waals surface area contributed by atoms with Crippen LogP contribution in [0.3, 0.4) is 0 Å². The topological polar surface area (TPSA) is 69.5 Å². The standard InChI is InChI=1S/C23H28N4O3/c1-5-29-23(28)20-11-24-21-17(4)16(3)6-7-19(21)22(20)26-8-9-30-18(13-26)14-27-12-15(2)10-25-27/h6-7,10-12,18H,5,8-9,13-14H2,1-4H3. The minimum Gasteiger partial charge on any atom is -0.462 e. The monoisotopic (exact) mass is 408 g/mol. The van der Waals surface area contributed by atoms with Crippen LogP contribution in [0.1, 0.15) is 34.0 Å². The van der Waals surface area contributed by atoms with Gasteiger partial charge in [0.25, 0.3) is 0 Å². The summed E-state index contributed by atoms with van der Waals surface area (Å²) in [5.41, 5.74) is 5.73. The molecule has 1 unspecified atom stereocenters. The average molecular weight is 409 g/mol. The van der Waals surface area contributed by atoms with Gasteiger partial charge >= 0.3 is 5.97 Å². The van der Waals surface area contributed by atoms with E-state index in [0.717, 1.165) is 27.7 Å². The third-order valence-corrected chi connectivity index (χ3v) is 5.64. The molecule has 0 radical (unpaired) electrons. The lowest BCUT2D eigenvalue weighted by Gasteiger charge is -2.36. The fourth-order valence-corrected chi connectivity index (χ4v) is 4.00. The van der Waals surface area contributed by atoms with E-state index in [1.165, 1.54) is 5.56 Å². The molecular weight excluding hydrogens is 380 g/mol. The SMILES string of the molecule is CCOC(=O)c1cnc2c(C)c(C)ccc2c1N1CCOC(Cn2cc(C)cn2)C1. The van der Waals surface area contributed by atoms with E-state index in [-0.39, 0.29) is 12.1 Å². The van der Waals surface area contributed by atoms with Gasteiger partial charge in [0.2, 0.25) is 0 Å². The van der Waals surface area contributed by atoms with E-state index in [1.54, 1.807) is 6.20 Å². The fourth-order valence-electron chi connectivity index (χ4n) is 4.00. The lowest BCUT2D eigenvalue weighted by atomic mass is 10.0. The van der Waals surface area contributed by atoms with E-state index in [0.29, 0.717) is 38.4 Å². The van der Waals surface area contributed by atoms with Crippen LogP contribution in [-0.4, -0.2) is 53.1 Å². The summed E-state index contributed by atoms with van der Waals surface area (Å²) in [6.45, 7) is 10.9. The van der Waals surface area contributed by atoms with Crippen molar-refractivity contribution in [2.24, 2.45) is 0 Å². The van der Waals surface area contributed by atoms with Crippen LogP contribution >= 0.6 is 0 Å². The zero-order chi connectivity index (χ0) is 21.3. The molecule has 3 aromatic rings. The second-order valence-electron chi connectivity index (χ2n) is 7.82. The number of carbonyl (C=O) groups excluding carboxylic acids is 1. The van der Waals surface area contributed by atoms with Crippen LogP contribution in [0.2, 0.25) is 0 Å². The van der Waals surface area contributed by atoms with Crippen LogP contribution in [0.4, 0.5) is 5.69 Å². The Labute approximate surface area is 176 Å². The van der Waals surface area contributed by atoms with Gasteiger partial charge in [-0.15, -0.1) is 0 Å². The van der Waals surface area contributed by atoms with Crippen LogP contribution in [-0.2, 0) is 16.0 Å². The van der Waals surface area contributed by atoms with Crippen molar-refractivity contribution >= 4 is 22.6 Å². The number of hydrogen-bond acceptors (Lipinski definition) is 6. The van der Waals surface area contributed by atoms with E-state index in [4.69, 9.17) is 9.47 Å². The number of pyridine rings is 1. The molecule has 1 aromatic carbocycles. The average Bonchev–Trinajstić information content (AvgIpc) is 3.15. The maximum atomic E-state index is 12.7. The maximum absolute atomic E-state index is 12.7. The quantitative estimate of drug-likeness (QED) is 0.603. The van der Waals surface area contributed by atoms with E-state index < -0.39 is 0 Å². The molecule has 1 aliphatic heterocycles. The van der Waals surface area contributed by atoms with E-state index >= 15 is 0 Å². The summed E-state index contributed by atoms with van der Waals surface area (Å²) in [4.78, 5) is 19.6. The zero-order valence-electron chi connectivity index (χ0n) is 18.0. The van der Waals surface area contributed by atoms with Gasteiger partial charge in [0.1, 0.15) is 5.56 Å². The van der Waals surface area contributed by atoms with Gasteiger partial charge in [0.15, 0.2) is 0 Å². The largest absolute Gasteiger partial charge is 0.462 e. The summed E-state index contributed by atoms with van der Waals surface area (Å²) in [5.74, 6) is -0.342. The highest BCUT2D eigenvalue weighted by Gasteiger charge is 2.27. The predicted octanol–water partition coefficient (Wildman–Crippen LogP) is 3.44. The number of rotatable bonds is 5. The summed E-state index contributed by atoms with van der Waals surface area (Å²) in [7, 11) is 0. The highest BCUT2D eigenvalue weighted by Crippen LogP contribution is 2.34. The van der Waals surface area contributed by atoms with Gasteiger partial charge in [-0.25, -0.2) is 4.79 Å². The van der Waals surface area contributed by atoms with E-state index in [2.05, 4.69) is 41.0 Å². The number of fused-ring (bicyclic) bond motifs is 1. The van der Waals surface area contributed by atoms with Crippen molar-refractivity contribution in [2.75, 3.05) is 31.2 Å². The molecule has 1 saturated heterocycles. The maximum Gasteiger partial charge on any atom is 0.341 e. The van der Waals surface area contributed by atoms with Crippen molar-refractivity contribution in [2.45, 2.75) is 40.3 Å². The number of esters is 1. The van der Waals surface area contributed by atoms with Gasteiger partial charge < -0.3 is 14.4 Å². The van der Waals surface area contributed by atoms with Gasteiger partial charge in [-0.3, -0.25) is 9.67 Å². The fraction of sp³-hybridized carbons (Fsp3) is 0.435. The number of aryl methyl sites for hydroxylation is 3. The summed E-state index contributed by atoms with van der Waals surface area (Å²) >= 11 is 0. The van der Waals surface area contributed by atoms with Crippen molar-refractivity contribution in [3.63, 3.8) is 0 Å². The van der Waals surface area contributed by atoms with Crippen LogP contribution in [0.25, 0.3) is 10.9 Å². The van der Waals surface area contributed by atoms with Gasteiger partial charge in [-0.05, 0) is 44.4 Å². The first-order valence-corrected chi connectivity index (χ1v) is 10.4. The van der Waals surface area contributed by atoms with Gasteiger partial charge in [0, 0.05) is 30.9 Å². The molecule has 0 bridgehead atoms. The number of ether oxygens (including phenoxy) is 2. The normalized spacial score (nSPS) is 16.8. The van der Waals surface area contributed by atoms with Crippen molar-refractivity contribution in [3.8, 4) is 0 Å². The number of aromatic nitrogens is 3. The molecule has 1 atom stereocenters. The minimum absolute atomic E-state index is 0.0251. The van der Waals surface area contributed by atoms with Crippen molar-refractivity contribution in [1.29, 1.82) is 0 Å². The zero-order valence-corrected chi connectivity index (χ0v) is 18.0. The van der Waals surface area contributed by atoms with Crippen LogP contribution in [0.15, 0.2) is 30.7 Å². The van der Waals surface area contributed by atoms with Gasteiger partial charge in [0.05, 0.1) is 43.3 Å². The van der Waals surface area contributed by atoms with Gasteiger partial charge in [-0.2, -0.15) is 5.10 Å². The van der Waals surface area contributed by atoms with Crippen molar-refractivity contribution in [3.05, 3.63) is 53.0 Å². The predicted molar refractivity (Wildman–Crippen MR) is 116 cm³/mol. The third-order valence-electron chi connectivity index (χ3n) is 5.64.